The number of aryl methyl sites for hydroxylation is 1. The van der Waals surface area contributed by atoms with Gasteiger partial charge < -0.3 is 4.74 Å². The normalized spacial score (nSPS) is 10.9. The van der Waals surface area contributed by atoms with Gasteiger partial charge in [-0.3, -0.25) is 9.59 Å². The molecule has 124 valence electrons. The maximum Gasteiger partial charge on any atom is 0.317 e. The van der Waals surface area contributed by atoms with E-state index in [1.165, 1.54) is 11.8 Å². The zero-order valence-corrected chi connectivity index (χ0v) is 14.5. The minimum Gasteiger partial charge on any atom is -0.442 e. The van der Waals surface area contributed by atoms with E-state index in [-0.39, 0.29) is 18.0 Å². The standard InChI is InChI=1S/C15H14N4O3S2/c1-10-16-11(7-24-10)6-23-8-14(20)22-9-19-15(21)12-4-2-3-5-13(12)17-18-19/h2-5,7H,6,8-9H2,1H3. The number of thioether (sulfide) groups is 1. The lowest BCUT2D eigenvalue weighted by Crippen LogP contribution is -2.26. The van der Waals surface area contributed by atoms with E-state index in [4.69, 9.17) is 4.74 Å². The van der Waals surface area contributed by atoms with Crippen LogP contribution >= 0.6 is 23.1 Å². The molecule has 0 spiro atoms. The second-order valence-electron chi connectivity index (χ2n) is 4.91. The fourth-order valence-corrected chi connectivity index (χ4v) is 3.42. The lowest BCUT2D eigenvalue weighted by molar-refractivity contribution is -0.144. The summed E-state index contributed by atoms with van der Waals surface area (Å²) in [6.07, 6.45) is 0. The predicted octanol–water partition coefficient (Wildman–Crippen LogP) is 1.99. The van der Waals surface area contributed by atoms with Crippen molar-refractivity contribution < 1.29 is 9.53 Å². The number of esters is 1. The van der Waals surface area contributed by atoms with Crippen molar-refractivity contribution in [3.05, 3.63) is 50.7 Å². The van der Waals surface area contributed by atoms with Crippen LogP contribution in [0.25, 0.3) is 10.9 Å². The average Bonchev–Trinajstić information content (AvgIpc) is 3.00. The van der Waals surface area contributed by atoms with Crippen LogP contribution in [-0.4, -0.2) is 31.7 Å². The van der Waals surface area contributed by atoms with Gasteiger partial charge in [-0.1, -0.05) is 17.3 Å². The number of rotatable bonds is 6. The van der Waals surface area contributed by atoms with E-state index in [9.17, 15) is 9.59 Å². The van der Waals surface area contributed by atoms with Crippen LogP contribution in [0.3, 0.4) is 0 Å². The number of carbonyl (C=O) groups is 1. The SMILES string of the molecule is Cc1nc(CSCC(=O)OCn2nnc3ccccc3c2=O)cs1. The molecule has 0 bridgehead atoms. The molecule has 0 saturated carbocycles. The zero-order chi connectivity index (χ0) is 16.9. The average molecular weight is 362 g/mol. The zero-order valence-electron chi connectivity index (χ0n) is 12.8. The molecule has 0 aliphatic carbocycles. The molecule has 2 aromatic heterocycles. The largest absolute Gasteiger partial charge is 0.442 e. The van der Waals surface area contributed by atoms with Crippen LogP contribution in [0.15, 0.2) is 34.4 Å². The second-order valence-corrected chi connectivity index (χ2v) is 6.96. The Morgan fingerprint density at radius 3 is 3.00 bits per heavy atom. The Labute approximate surface area is 145 Å². The highest BCUT2D eigenvalue weighted by Crippen LogP contribution is 2.15. The number of benzene rings is 1. The maximum atomic E-state index is 12.2. The molecule has 2 heterocycles. The maximum absolute atomic E-state index is 12.2. The Kier molecular flexibility index (Phi) is 5.21. The van der Waals surface area contributed by atoms with Gasteiger partial charge in [0.2, 0.25) is 0 Å². The van der Waals surface area contributed by atoms with Crippen molar-refractivity contribution in [1.82, 2.24) is 20.0 Å². The van der Waals surface area contributed by atoms with Gasteiger partial charge in [0.15, 0.2) is 6.73 Å². The van der Waals surface area contributed by atoms with Crippen molar-refractivity contribution in [3.63, 3.8) is 0 Å². The second kappa shape index (κ2) is 7.54. The Hall–Kier alpha value is -2.26. The van der Waals surface area contributed by atoms with Crippen molar-refractivity contribution in [1.29, 1.82) is 0 Å². The summed E-state index contributed by atoms with van der Waals surface area (Å²) in [4.78, 5) is 28.3. The van der Waals surface area contributed by atoms with Crippen LogP contribution in [0.1, 0.15) is 10.7 Å². The Bertz CT molecular complexity index is 922. The smallest absolute Gasteiger partial charge is 0.317 e. The Morgan fingerprint density at radius 2 is 2.21 bits per heavy atom. The summed E-state index contributed by atoms with van der Waals surface area (Å²) in [6.45, 7) is 1.70. The first-order valence-corrected chi connectivity index (χ1v) is 9.14. The summed E-state index contributed by atoms with van der Waals surface area (Å²) in [5.74, 6) is 0.426. The molecule has 3 aromatic rings. The summed E-state index contributed by atoms with van der Waals surface area (Å²) in [6, 6.07) is 6.90. The fraction of sp³-hybridized carbons (Fsp3) is 0.267. The molecule has 0 aliphatic heterocycles. The summed E-state index contributed by atoms with van der Waals surface area (Å²) in [7, 11) is 0. The van der Waals surface area contributed by atoms with Crippen LogP contribution in [0.5, 0.6) is 0 Å². The summed E-state index contributed by atoms with van der Waals surface area (Å²) < 4.78 is 6.12. The van der Waals surface area contributed by atoms with Crippen LogP contribution in [0.2, 0.25) is 0 Å². The topological polar surface area (TPSA) is 87.0 Å². The molecule has 7 nitrogen and oxygen atoms in total. The molecule has 9 heteroatoms. The first-order valence-electron chi connectivity index (χ1n) is 7.10. The highest BCUT2D eigenvalue weighted by Gasteiger charge is 2.09. The van der Waals surface area contributed by atoms with Gasteiger partial charge in [-0.2, -0.15) is 4.68 Å². The summed E-state index contributed by atoms with van der Waals surface area (Å²) in [5, 5.41) is 11.1. The molecule has 0 radical (unpaired) electrons. The van der Waals surface area contributed by atoms with Crippen LogP contribution in [0, 0.1) is 6.92 Å². The molecular formula is C15H14N4O3S2. The van der Waals surface area contributed by atoms with Gasteiger partial charge in [0, 0.05) is 11.1 Å². The van der Waals surface area contributed by atoms with Gasteiger partial charge >= 0.3 is 5.97 Å². The van der Waals surface area contributed by atoms with Gasteiger partial charge in [0.05, 0.1) is 21.8 Å². The van der Waals surface area contributed by atoms with Gasteiger partial charge in [0.25, 0.3) is 5.56 Å². The molecule has 0 aliphatic rings. The number of hydrogen-bond donors (Lipinski definition) is 0. The minimum absolute atomic E-state index is 0.187. The lowest BCUT2D eigenvalue weighted by Gasteiger charge is -2.06. The quantitative estimate of drug-likeness (QED) is 0.620. The predicted molar refractivity (Wildman–Crippen MR) is 92.9 cm³/mol. The number of nitrogens with zero attached hydrogens (tertiary/aromatic N) is 4. The van der Waals surface area contributed by atoms with Crippen molar-refractivity contribution >= 4 is 40.0 Å². The number of thiazole rings is 1. The van der Waals surface area contributed by atoms with Crippen molar-refractivity contribution in [2.45, 2.75) is 19.4 Å². The first kappa shape index (κ1) is 16.6. The highest BCUT2D eigenvalue weighted by molar-refractivity contribution is 7.99. The van der Waals surface area contributed by atoms with E-state index < -0.39 is 5.97 Å². The molecular weight excluding hydrogens is 348 g/mol. The highest BCUT2D eigenvalue weighted by atomic mass is 32.2. The molecule has 3 rings (SSSR count). The van der Waals surface area contributed by atoms with Crippen LogP contribution in [0.4, 0.5) is 0 Å². The van der Waals surface area contributed by atoms with Crippen molar-refractivity contribution in [3.8, 4) is 0 Å². The van der Waals surface area contributed by atoms with Gasteiger partial charge in [-0.05, 0) is 19.1 Å². The molecule has 24 heavy (non-hydrogen) atoms. The molecule has 0 amide bonds. The first-order chi connectivity index (χ1) is 11.6. The van der Waals surface area contributed by atoms with Crippen molar-refractivity contribution in [2.24, 2.45) is 0 Å². The molecule has 0 N–H and O–H groups in total. The van der Waals surface area contributed by atoms with Crippen LogP contribution in [-0.2, 0) is 22.0 Å². The molecule has 1 aromatic carbocycles. The van der Waals surface area contributed by atoms with Crippen LogP contribution < -0.4 is 5.56 Å². The molecule has 0 saturated heterocycles. The van der Waals surface area contributed by atoms with Gasteiger partial charge in [-0.15, -0.1) is 28.2 Å². The van der Waals surface area contributed by atoms with E-state index in [2.05, 4.69) is 15.3 Å². The lowest BCUT2D eigenvalue weighted by atomic mass is 10.2. The summed E-state index contributed by atoms with van der Waals surface area (Å²) >= 11 is 3.00. The number of hydrogen-bond acceptors (Lipinski definition) is 8. The number of fused-ring (bicyclic) bond motifs is 1. The van der Waals surface area contributed by atoms with E-state index in [0.717, 1.165) is 15.4 Å². The Balaban J connectivity index is 1.53. The Morgan fingerprint density at radius 1 is 1.38 bits per heavy atom. The van der Waals surface area contributed by atoms with E-state index in [0.29, 0.717) is 16.7 Å². The molecule has 0 atom stereocenters. The summed E-state index contributed by atoms with van der Waals surface area (Å²) in [5.41, 5.74) is 1.13. The minimum atomic E-state index is -0.409. The number of aromatic nitrogens is 4. The number of ether oxygens (including phenoxy) is 1. The third kappa shape index (κ3) is 3.98. The third-order valence-electron chi connectivity index (χ3n) is 3.11. The number of carbonyl (C=O) groups excluding carboxylic acids is 1. The van der Waals surface area contributed by atoms with E-state index in [1.807, 2.05) is 12.3 Å². The van der Waals surface area contributed by atoms with E-state index in [1.54, 1.807) is 35.6 Å². The third-order valence-corrected chi connectivity index (χ3v) is 4.88. The molecule has 0 fully saturated rings. The fourth-order valence-electron chi connectivity index (χ4n) is 2.00. The van der Waals surface area contributed by atoms with Gasteiger partial charge in [0.1, 0.15) is 5.52 Å². The van der Waals surface area contributed by atoms with Gasteiger partial charge in [-0.25, -0.2) is 4.98 Å². The van der Waals surface area contributed by atoms with Crippen molar-refractivity contribution in [2.75, 3.05) is 5.75 Å². The monoisotopic (exact) mass is 362 g/mol. The molecule has 0 unspecified atom stereocenters. The van der Waals surface area contributed by atoms with E-state index >= 15 is 0 Å².